The Hall–Kier alpha value is -1.35. The average Bonchev–Trinajstić information content (AvgIpc) is 2.68. The molecule has 0 aliphatic carbocycles. The number of hydrogen-bond acceptors (Lipinski definition) is 1. The number of rotatable bonds is 3. The van der Waals surface area contributed by atoms with Crippen LogP contribution in [0.1, 0.15) is 25.5 Å². The van der Waals surface area contributed by atoms with Crippen molar-refractivity contribution in [3.05, 3.63) is 35.8 Å². The van der Waals surface area contributed by atoms with E-state index < -0.39 is 0 Å². The van der Waals surface area contributed by atoms with Gasteiger partial charge in [-0.1, -0.05) is 13.0 Å². The van der Waals surface area contributed by atoms with Crippen LogP contribution in [0, 0.1) is 5.82 Å². The van der Waals surface area contributed by atoms with Crippen LogP contribution in [0.5, 0.6) is 0 Å². The number of aryl methyl sites for hydroxylation is 1. The Morgan fingerprint density at radius 2 is 2.19 bits per heavy atom. The van der Waals surface area contributed by atoms with Crippen molar-refractivity contribution >= 4 is 10.9 Å². The normalized spacial score (nSPS) is 13.2. The zero-order valence-electron chi connectivity index (χ0n) is 9.70. The van der Waals surface area contributed by atoms with Crippen LogP contribution in [-0.4, -0.2) is 11.1 Å². The first kappa shape index (κ1) is 11.1. The van der Waals surface area contributed by atoms with Crippen LogP contribution in [0.15, 0.2) is 24.3 Å². The number of nitrogens with zero attached hydrogens (tertiary/aromatic N) is 1. The molecule has 1 aromatic heterocycles. The van der Waals surface area contributed by atoms with Gasteiger partial charge in [0.1, 0.15) is 5.82 Å². The van der Waals surface area contributed by atoms with Crippen LogP contribution in [0.25, 0.3) is 10.9 Å². The minimum absolute atomic E-state index is 0.157. The number of halogens is 1. The Bertz CT molecular complexity index is 502. The molecule has 2 nitrogen and oxygen atoms in total. The largest absolute Gasteiger partial charge is 0.344 e. The number of hydrogen-bond donors (Lipinski definition) is 1. The quantitative estimate of drug-likeness (QED) is 0.847. The minimum Gasteiger partial charge on any atom is -0.344 e. The van der Waals surface area contributed by atoms with Gasteiger partial charge < -0.3 is 10.3 Å². The summed E-state index contributed by atoms with van der Waals surface area (Å²) < 4.78 is 15.8. The fourth-order valence-electron chi connectivity index (χ4n) is 2.15. The van der Waals surface area contributed by atoms with Crippen molar-refractivity contribution in [2.45, 2.75) is 26.3 Å². The molecule has 2 aromatic rings. The third-order valence-corrected chi connectivity index (χ3v) is 3.10. The van der Waals surface area contributed by atoms with Crippen LogP contribution >= 0.6 is 0 Å². The van der Waals surface area contributed by atoms with Crippen molar-refractivity contribution in [3.63, 3.8) is 0 Å². The molecule has 0 aliphatic heterocycles. The number of benzene rings is 1. The van der Waals surface area contributed by atoms with Gasteiger partial charge in [0.2, 0.25) is 0 Å². The maximum Gasteiger partial charge on any atom is 0.132 e. The first-order chi connectivity index (χ1) is 7.69. The molecule has 3 heteroatoms. The van der Waals surface area contributed by atoms with Gasteiger partial charge in [0, 0.05) is 30.1 Å². The van der Waals surface area contributed by atoms with Gasteiger partial charge in [-0.15, -0.1) is 0 Å². The highest BCUT2D eigenvalue weighted by Crippen LogP contribution is 2.26. The molecule has 0 fully saturated rings. The van der Waals surface area contributed by atoms with Crippen molar-refractivity contribution in [3.8, 4) is 0 Å². The zero-order chi connectivity index (χ0) is 11.7. The van der Waals surface area contributed by atoms with Crippen LogP contribution in [-0.2, 0) is 6.54 Å². The fourth-order valence-corrected chi connectivity index (χ4v) is 2.15. The lowest BCUT2D eigenvalue weighted by Gasteiger charge is -2.12. The molecule has 1 atom stereocenters. The molecule has 0 saturated heterocycles. The van der Waals surface area contributed by atoms with Crippen LogP contribution in [0.2, 0.25) is 0 Å². The Morgan fingerprint density at radius 1 is 1.44 bits per heavy atom. The second kappa shape index (κ2) is 4.26. The van der Waals surface area contributed by atoms with Gasteiger partial charge in [-0.05, 0) is 25.1 Å². The SMILES string of the molecule is CCn1c(C(C)CN)cc2c(F)cccc21. The van der Waals surface area contributed by atoms with E-state index in [4.69, 9.17) is 5.73 Å². The van der Waals surface area contributed by atoms with Gasteiger partial charge in [0.25, 0.3) is 0 Å². The van der Waals surface area contributed by atoms with Gasteiger partial charge in [0.05, 0.1) is 5.52 Å². The van der Waals surface area contributed by atoms with Crippen molar-refractivity contribution < 1.29 is 4.39 Å². The standard InChI is InChI=1S/C13H17FN2/c1-3-16-12-6-4-5-11(14)10(12)7-13(16)9(2)8-15/h4-7,9H,3,8,15H2,1-2H3. The minimum atomic E-state index is -0.157. The topological polar surface area (TPSA) is 30.9 Å². The second-order valence-electron chi connectivity index (χ2n) is 4.12. The molecule has 0 bridgehead atoms. The second-order valence-corrected chi connectivity index (χ2v) is 4.12. The third-order valence-electron chi connectivity index (χ3n) is 3.10. The maximum absolute atomic E-state index is 13.6. The molecule has 1 heterocycles. The molecular formula is C13H17FN2. The van der Waals surface area contributed by atoms with E-state index in [1.807, 2.05) is 12.1 Å². The molecule has 0 amide bonds. The lowest BCUT2D eigenvalue weighted by atomic mass is 10.1. The van der Waals surface area contributed by atoms with Crippen molar-refractivity contribution in [1.29, 1.82) is 0 Å². The van der Waals surface area contributed by atoms with Crippen LogP contribution in [0.3, 0.4) is 0 Å². The molecule has 1 unspecified atom stereocenters. The van der Waals surface area contributed by atoms with Gasteiger partial charge in [0.15, 0.2) is 0 Å². The molecule has 0 aliphatic rings. The Labute approximate surface area is 94.9 Å². The summed E-state index contributed by atoms with van der Waals surface area (Å²) in [6.45, 7) is 5.56. The molecular weight excluding hydrogens is 203 g/mol. The number of nitrogens with two attached hydrogens (primary N) is 1. The molecule has 0 saturated carbocycles. The summed E-state index contributed by atoms with van der Waals surface area (Å²) in [6.07, 6.45) is 0. The molecule has 0 spiro atoms. The summed E-state index contributed by atoms with van der Waals surface area (Å²) >= 11 is 0. The lowest BCUT2D eigenvalue weighted by Crippen LogP contribution is -2.13. The van der Waals surface area contributed by atoms with Crippen molar-refractivity contribution in [2.24, 2.45) is 5.73 Å². The molecule has 0 radical (unpaired) electrons. The van der Waals surface area contributed by atoms with E-state index in [1.165, 1.54) is 6.07 Å². The highest BCUT2D eigenvalue weighted by atomic mass is 19.1. The summed E-state index contributed by atoms with van der Waals surface area (Å²) in [5, 5.41) is 0.694. The van der Waals surface area contributed by atoms with E-state index in [0.29, 0.717) is 11.9 Å². The first-order valence-electron chi connectivity index (χ1n) is 5.66. The maximum atomic E-state index is 13.6. The summed E-state index contributed by atoms with van der Waals surface area (Å²) in [5.74, 6) is 0.0990. The predicted molar refractivity (Wildman–Crippen MR) is 65.0 cm³/mol. The average molecular weight is 220 g/mol. The predicted octanol–water partition coefficient (Wildman–Crippen LogP) is 2.86. The molecule has 2 N–H and O–H groups in total. The lowest BCUT2D eigenvalue weighted by molar-refractivity contribution is 0.639. The molecule has 2 rings (SSSR count). The van der Waals surface area contributed by atoms with Gasteiger partial charge >= 0.3 is 0 Å². The van der Waals surface area contributed by atoms with Crippen LogP contribution in [0.4, 0.5) is 4.39 Å². The highest BCUT2D eigenvalue weighted by Gasteiger charge is 2.14. The van der Waals surface area contributed by atoms with Crippen LogP contribution < -0.4 is 5.73 Å². The van der Waals surface area contributed by atoms with Gasteiger partial charge in [-0.25, -0.2) is 4.39 Å². The Balaban J connectivity index is 2.71. The van der Waals surface area contributed by atoms with Crippen molar-refractivity contribution in [1.82, 2.24) is 4.57 Å². The van der Waals surface area contributed by atoms with E-state index in [9.17, 15) is 4.39 Å². The zero-order valence-corrected chi connectivity index (χ0v) is 9.70. The summed E-state index contributed by atoms with van der Waals surface area (Å²) in [4.78, 5) is 0. The van der Waals surface area contributed by atoms with Gasteiger partial charge in [-0.3, -0.25) is 0 Å². The monoisotopic (exact) mass is 220 g/mol. The summed E-state index contributed by atoms with van der Waals surface area (Å²) in [6, 6.07) is 7.13. The summed E-state index contributed by atoms with van der Waals surface area (Å²) in [7, 11) is 0. The molecule has 16 heavy (non-hydrogen) atoms. The third kappa shape index (κ3) is 1.61. The fraction of sp³-hybridized carbons (Fsp3) is 0.385. The first-order valence-corrected chi connectivity index (χ1v) is 5.66. The molecule has 86 valence electrons. The van der Waals surface area contributed by atoms with Gasteiger partial charge in [-0.2, -0.15) is 0 Å². The Kier molecular flexibility index (Phi) is 2.97. The smallest absolute Gasteiger partial charge is 0.132 e. The van der Waals surface area contributed by atoms with E-state index in [-0.39, 0.29) is 11.7 Å². The highest BCUT2D eigenvalue weighted by molar-refractivity contribution is 5.82. The molecule has 1 aromatic carbocycles. The Morgan fingerprint density at radius 3 is 2.81 bits per heavy atom. The van der Waals surface area contributed by atoms with E-state index in [1.54, 1.807) is 6.07 Å². The van der Waals surface area contributed by atoms with E-state index >= 15 is 0 Å². The van der Waals surface area contributed by atoms with Crippen molar-refractivity contribution in [2.75, 3.05) is 6.54 Å². The number of aromatic nitrogens is 1. The number of fused-ring (bicyclic) bond motifs is 1. The summed E-state index contributed by atoms with van der Waals surface area (Å²) in [5.41, 5.74) is 7.75. The van der Waals surface area contributed by atoms with E-state index in [0.717, 1.165) is 17.8 Å². The van der Waals surface area contributed by atoms with E-state index in [2.05, 4.69) is 18.4 Å².